The summed E-state index contributed by atoms with van der Waals surface area (Å²) in [6.45, 7) is 6.39. The smallest absolute Gasteiger partial charge is 0.328 e. The largest absolute Gasteiger partial charge is 0.478 e. The third-order valence-corrected chi connectivity index (χ3v) is 8.10. The number of aromatic nitrogens is 4. The van der Waals surface area contributed by atoms with Gasteiger partial charge in [-0.05, 0) is 45.3 Å². The van der Waals surface area contributed by atoms with Crippen LogP contribution in [0.2, 0.25) is 0 Å². The van der Waals surface area contributed by atoms with Crippen molar-refractivity contribution in [3.05, 3.63) is 52.5 Å². The Kier molecular flexibility index (Phi) is 7.37. The van der Waals surface area contributed by atoms with Crippen molar-refractivity contribution < 1.29 is 18.7 Å². The Morgan fingerprint density at radius 2 is 1.90 bits per heavy atom. The van der Waals surface area contributed by atoms with E-state index in [-0.39, 0.29) is 35.8 Å². The quantitative estimate of drug-likeness (QED) is 0.290. The fourth-order valence-electron chi connectivity index (χ4n) is 6.05. The Labute approximate surface area is 231 Å². The maximum atomic E-state index is 15.8. The van der Waals surface area contributed by atoms with E-state index in [1.54, 1.807) is 36.1 Å². The minimum atomic E-state index is -0.658. The Morgan fingerprint density at radius 3 is 2.65 bits per heavy atom. The van der Waals surface area contributed by atoms with Crippen LogP contribution in [0.4, 0.5) is 4.39 Å². The summed E-state index contributed by atoms with van der Waals surface area (Å²) in [5.41, 5.74) is 2.09. The summed E-state index contributed by atoms with van der Waals surface area (Å²) in [5, 5.41) is 0.480. The van der Waals surface area contributed by atoms with Crippen molar-refractivity contribution in [3.63, 3.8) is 0 Å². The van der Waals surface area contributed by atoms with E-state index in [2.05, 4.69) is 14.9 Å². The Balaban J connectivity index is 1.37. The van der Waals surface area contributed by atoms with Gasteiger partial charge in [0.25, 0.3) is 0 Å². The normalized spacial score (nSPS) is 17.7. The lowest BCUT2D eigenvalue weighted by Gasteiger charge is -2.26. The van der Waals surface area contributed by atoms with Crippen molar-refractivity contribution in [2.75, 3.05) is 39.5 Å². The fourth-order valence-corrected chi connectivity index (χ4v) is 6.05. The van der Waals surface area contributed by atoms with Crippen molar-refractivity contribution in [1.29, 1.82) is 0 Å². The van der Waals surface area contributed by atoms with Crippen molar-refractivity contribution >= 4 is 27.7 Å². The predicted octanol–water partition coefficient (Wildman–Crippen LogP) is 4.19. The van der Waals surface area contributed by atoms with Crippen molar-refractivity contribution in [2.45, 2.75) is 39.2 Å². The molecule has 10 heteroatoms. The zero-order valence-electron chi connectivity index (χ0n) is 23.0. The van der Waals surface area contributed by atoms with E-state index in [9.17, 15) is 9.59 Å². The predicted molar refractivity (Wildman–Crippen MR) is 150 cm³/mol. The Morgan fingerprint density at radius 1 is 1.07 bits per heavy atom. The molecule has 0 radical (unpaired) electrons. The number of imidazole rings is 1. The lowest BCUT2D eigenvalue weighted by Crippen LogP contribution is -2.31. The highest BCUT2D eigenvalue weighted by molar-refractivity contribution is 6.20. The highest BCUT2D eigenvalue weighted by Crippen LogP contribution is 2.39. The van der Waals surface area contributed by atoms with Crippen LogP contribution in [0, 0.1) is 11.7 Å². The number of hydrogen-bond donors (Lipinski definition) is 0. The fraction of sp³-hybridized carbons (Fsp3) is 0.467. The molecule has 0 bridgehead atoms. The molecule has 1 unspecified atom stereocenters. The number of likely N-dealkylation sites (tertiary alicyclic amines) is 1. The van der Waals surface area contributed by atoms with Crippen molar-refractivity contribution in [1.82, 2.24) is 24.0 Å². The van der Waals surface area contributed by atoms with Crippen LogP contribution < -0.4 is 10.4 Å². The Bertz CT molecular complexity index is 1620. The lowest BCUT2D eigenvalue weighted by molar-refractivity contribution is 0.0706. The maximum Gasteiger partial charge on any atom is 0.328 e. The van der Waals surface area contributed by atoms with E-state index in [0.29, 0.717) is 46.6 Å². The van der Waals surface area contributed by atoms with Crippen LogP contribution in [0.1, 0.15) is 43.0 Å². The van der Waals surface area contributed by atoms with Gasteiger partial charge < -0.3 is 14.4 Å². The molecule has 9 nitrogen and oxygen atoms in total. The number of ether oxygens (including phenoxy) is 2. The average Bonchev–Trinajstić information content (AvgIpc) is 3.13. The first kappa shape index (κ1) is 26.6. The number of rotatable bonds is 9. The molecule has 40 heavy (non-hydrogen) atoms. The molecule has 0 saturated carbocycles. The zero-order chi connectivity index (χ0) is 27.8. The number of pyridine rings is 2. The van der Waals surface area contributed by atoms with Crippen LogP contribution in [0.15, 0.2) is 35.4 Å². The second kappa shape index (κ2) is 11.1. The van der Waals surface area contributed by atoms with Gasteiger partial charge >= 0.3 is 5.69 Å². The van der Waals surface area contributed by atoms with Crippen LogP contribution in [0.5, 0.6) is 5.88 Å². The van der Waals surface area contributed by atoms with Crippen LogP contribution in [-0.2, 0) is 18.3 Å². The summed E-state index contributed by atoms with van der Waals surface area (Å²) in [6.07, 6.45) is 7.84. The highest BCUT2D eigenvalue weighted by atomic mass is 19.1. The van der Waals surface area contributed by atoms with Crippen LogP contribution in [0.25, 0.3) is 33.1 Å². The number of hydrogen-bond acceptors (Lipinski definition) is 7. The molecule has 1 fully saturated rings. The van der Waals surface area contributed by atoms with Gasteiger partial charge in [-0.1, -0.05) is 6.42 Å². The second-order valence-corrected chi connectivity index (χ2v) is 10.7. The average molecular weight is 548 g/mol. The number of aryl methyl sites for hydroxylation is 1. The van der Waals surface area contributed by atoms with Crippen LogP contribution in [0.3, 0.4) is 0 Å². The van der Waals surface area contributed by atoms with Gasteiger partial charge in [0.2, 0.25) is 5.88 Å². The number of carbonyl (C=O) groups is 1. The molecule has 6 rings (SSSR count). The van der Waals surface area contributed by atoms with Crippen molar-refractivity contribution in [2.24, 2.45) is 13.0 Å². The second-order valence-electron chi connectivity index (χ2n) is 10.7. The van der Waals surface area contributed by atoms with E-state index in [1.165, 1.54) is 29.9 Å². The summed E-state index contributed by atoms with van der Waals surface area (Å²) < 4.78 is 30.4. The van der Waals surface area contributed by atoms with Gasteiger partial charge in [-0.15, -0.1) is 0 Å². The van der Waals surface area contributed by atoms with E-state index >= 15 is 4.39 Å². The molecule has 0 amide bonds. The summed E-state index contributed by atoms with van der Waals surface area (Å²) in [4.78, 5) is 38.5. The first-order chi connectivity index (χ1) is 19.5. The van der Waals surface area contributed by atoms with Crippen molar-refractivity contribution in [3.8, 4) is 17.0 Å². The molecule has 1 saturated heterocycles. The third kappa shape index (κ3) is 4.69. The molecule has 0 aliphatic carbocycles. The maximum absolute atomic E-state index is 15.8. The number of piperidine rings is 1. The molecule has 2 aliphatic heterocycles. The van der Waals surface area contributed by atoms with Gasteiger partial charge in [0.05, 0.1) is 41.9 Å². The topological polar surface area (TPSA) is 91.5 Å². The van der Waals surface area contributed by atoms with E-state index in [0.717, 1.165) is 26.1 Å². The number of benzene rings is 1. The van der Waals surface area contributed by atoms with Gasteiger partial charge in [0.15, 0.2) is 5.78 Å². The summed E-state index contributed by atoms with van der Waals surface area (Å²) in [6, 6.07) is 4.77. The lowest BCUT2D eigenvalue weighted by atomic mass is 9.89. The van der Waals surface area contributed by atoms with Crippen LogP contribution >= 0.6 is 0 Å². The third-order valence-electron chi connectivity index (χ3n) is 8.10. The molecule has 5 heterocycles. The molecule has 1 atom stereocenters. The number of ketones is 1. The van der Waals surface area contributed by atoms with Gasteiger partial charge in [0.1, 0.15) is 5.82 Å². The number of carbonyl (C=O) groups excluding carboxylic acids is 1. The number of Topliss-reactive ketones (excluding diaryl/α,β-unsaturated/α-hetero) is 1. The molecule has 2 aliphatic rings. The standard InChI is InChI=1S/C30H34FN5O4/c1-3-39-18-20-17-36-28-23(34(2)30(36)38)16-32-22-14-21(31)25(27(26(22)28)29(20)37)19-8-9-24(33-15-19)40-13-7-12-35-10-5-4-6-11-35/h8-9,14-16,20H,3-7,10-13,17-18H2,1-2H3. The molecular weight excluding hydrogens is 513 g/mol. The summed E-state index contributed by atoms with van der Waals surface area (Å²) in [5.74, 6) is -1.04. The van der Waals surface area contributed by atoms with E-state index in [1.807, 2.05) is 6.92 Å². The van der Waals surface area contributed by atoms with E-state index in [4.69, 9.17) is 9.47 Å². The summed E-state index contributed by atoms with van der Waals surface area (Å²) >= 11 is 0. The van der Waals surface area contributed by atoms with Gasteiger partial charge in [-0.25, -0.2) is 14.2 Å². The van der Waals surface area contributed by atoms with Crippen LogP contribution in [-0.4, -0.2) is 69.2 Å². The zero-order valence-corrected chi connectivity index (χ0v) is 23.0. The molecular formula is C30H34FN5O4. The monoisotopic (exact) mass is 547 g/mol. The van der Waals surface area contributed by atoms with E-state index < -0.39 is 11.7 Å². The minimum Gasteiger partial charge on any atom is -0.478 e. The summed E-state index contributed by atoms with van der Waals surface area (Å²) in [7, 11) is 1.68. The first-order valence-corrected chi connectivity index (χ1v) is 14.1. The van der Waals surface area contributed by atoms with Gasteiger partial charge in [-0.3, -0.25) is 18.9 Å². The van der Waals surface area contributed by atoms with Gasteiger partial charge in [-0.2, -0.15) is 0 Å². The number of halogens is 1. The van der Waals surface area contributed by atoms with Gasteiger partial charge in [0, 0.05) is 67.2 Å². The minimum absolute atomic E-state index is 0.124. The highest BCUT2D eigenvalue weighted by Gasteiger charge is 2.34. The SMILES string of the molecule is CCOCC1Cn2c(=O)n(C)c3cnc4cc(F)c(-c5ccc(OCCCN6CCCCC6)nc5)c(c4c32)C1=O. The first-order valence-electron chi connectivity index (χ1n) is 14.1. The number of nitrogens with zero attached hydrogens (tertiary/aromatic N) is 5. The molecule has 0 N–H and O–H groups in total. The molecule has 1 aromatic carbocycles. The Hall–Kier alpha value is -3.63. The molecule has 3 aromatic heterocycles. The molecule has 0 spiro atoms. The molecule has 4 aromatic rings. The molecule has 210 valence electrons.